The molecule has 0 atom stereocenters. The first-order valence-electron chi connectivity index (χ1n) is 5.57. The summed E-state index contributed by atoms with van der Waals surface area (Å²) in [5.41, 5.74) is 0.519. The Morgan fingerprint density at radius 3 is 2.95 bits per heavy atom. The molecule has 19 heavy (non-hydrogen) atoms. The van der Waals surface area contributed by atoms with Crippen molar-refractivity contribution in [2.75, 3.05) is 0 Å². The quantitative estimate of drug-likeness (QED) is 0.721. The third kappa shape index (κ3) is 2.28. The van der Waals surface area contributed by atoms with E-state index in [0.29, 0.717) is 22.7 Å². The lowest BCUT2D eigenvalue weighted by molar-refractivity contribution is 0.451. The van der Waals surface area contributed by atoms with E-state index in [2.05, 4.69) is 31.1 Å². The minimum Gasteiger partial charge on any atom is -0.424 e. The summed E-state index contributed by atoms with van der Waals surface area (Å²) in [7, 11) is 0. The second-order valence-corrected chi connectivity index (χ2v) is 4.97. The molecule has 1 aromatic carbocycles. The molecular formula is C12H9BrN4O2. The zero-order valence-corrected chi connectivity index (χ0v) is 11.6. The Morgan fingerprint density at radius 2 is 2.21 bits per heavy atom. The average Bonchev–Trinajstić information content (AvgIpc) is 2.78. The summed E-state index contributed by atoms with van der Waals surface area (Å²) in [4.78, 5) is 16.5. The van der Waals surface area contributed by atoms with Crippen LogP contribution in [0.4, 0.5) is 0 Å². The molecule has 2 heterocycles. The molecule has 0 aliphatic rings. The van der Waals surface area contributed by atoms with Crippen molar-refractivity contribution in [2.45, 2.75) is 13.5 Å². The van der Waals surface area contributed by atoms with Crippen LogP contribution in [-0.2, 0) is 6.54 Å². The maximum atomic E-state index is 12.3. The van der Waals surface area contributed by atoms with Crippen LogP contribution in [0.5, 0.6) is 0 Å². The summed E-state index contributed by atoms with van der Waals surface area (Å²) in [6.45, 7) is 1.92. The van der Waals surface area contributed by atoms with Crippen LogP contribution in [-0.4, -0.2) is 19.7 Å². The Kier molecular flexibility index (Phi) is 2.90. The number of nitrogens with zero attached hydrogens (tertiary/aromatic N) is 4. The van der Waals surface area contributed by atoms with Gasteiger partial charge in [0.05, 0.1) is 17.2 Å². The summed E-state index contributed by atoms with van der Waals surface area (Å²) in [6.07, 6.45) is 1.48. The summed E-state index contributed by atoms with van der Waals surface area (Å²) in [6, 6.07) is 5.36. The van der Waals surface area contributed by atoms with Crippen molar-refractivity contribution in [3.8, 4) is 0 Å². The molecule has 2 aromatic heterocycles. The van der Waals surface area contributed by atoms with Crippen molar-refractivity contribution in [3.63, 3.8) is 0 Å². The minimum absolute atomic E-state index is 0.131. The molecule has 0 aliphatic heterocycles. The van der Waals surface area contributed by atoms with Crippen LogP contribution in [0, 0.1) is 6.92 Å². The molecular weight excluding hydrogens is 312 g/mol. The smallest absolute Gasteiger partial charge is 0.261 e. The second-order valence-electron chi connectivity index (χ2n) is 4.05. The molecule has 0 bridgehead atoms. The molecule has 0 amide bonds. The van der Waals surface area contributed by atoms with Crippen LogP contribution in [0.2, 0.25) is 0 Å². The molecule has 6 nitrogen and oxygen atoms in total. The van der Waals surface area contributed by atoms with E-state index in [1.165, 1.54) is 10.9 Å². The molecule has 3 rings (SSSR count). The van der Waals surface area contributed by atoms with Crippen molar-refractivity contribution in [2.24, 2.45) is 0 Å². The van der Waals surface area contributed by atoms with Gasteiger partial charge >= 0.3 is 0 Å². The van der Waals surface area contributed by atoms with Gasteiger partial charge in [-0.15, -0.1) is 10.2 Å². The van der Waals surface area contributed by atoms with Crippen LogP contribution in [0.15, 0.2) is 38.2 Å². The SMILES string of the molecule is Cc1nnc(Cn2cnc3cc(Br)ccc3c2=O)o1. The van der Waals surface area contributed by atoms with Gasteiger partial charge in [0.1, 0.15) is 6.54 Å². The number of fused-ring (bicyclic) bond motifs is 1. The van der Waals surface area contributed by atoms with Crippen molar-refractivity contribution < 1.29 is 4.42 Å². The second kappa shape index (κ2) is 4.58. The zero-order chi connectivity index (χ0) is 13.4. The third-order valence-electron chi connectivity index (χ3n) is 2.66. The van der Waals surface area contributed by atoms with E-state index < -0.39 is 0 Å². The number of benzene rings is 1. The number of hydrogen-bond donors (Lipinski definition) is 0. The molecule has 7 heteroatoms. The van der Waals surface area contributed by atoms with Crippen molar-refractivity contribution in [1.82, 2.24) is 19.7 Å². The van der Waals surface area contributed by atoms with E-state index >= 15 is 0 Å². The Labute approximate surface area is 116 Å². The lowest BCUT2D eigenvalue weighted by Gasteiger charge is -2.03. The maximum absolute atomic E-state index is 12.3. The fourth-order valence-corrected chi connectivity index (χ4v) is 2.14. The lowest BCUT2D eigenvalue weighted by Crippen LogP contribution is -2.21. The Morgan fingerprint density at radius 1 is 1.37 bits per heavy atom. The first kappa shape index (κ1) is 12.0. The van der Waals surface area contributed by atoms with Crippen LogP contribution < -0.4 is 5.56 Å². The van der Waals surface area contributed by atoms with Crippen LogP contribution in [0.25, 0.3) is 10.9 Å². The lowest BCUT2D eigenvalue weighted by atomic mass is 10.2. The molecule has 0 N–H and O–H groups in total. The monoisotopic (exact) mass is 320 g/mol. The van der Waals surface area contributed by atoms with Crippen molar-refractivity contribution in [1.29, 1.82) is 0 Å². The van der Waals surface area contributed by atoms with E-state index in [-0.39, 0.29) is 12.1 Å². The first-order chi connectivity index (χ1) is 9.13. The van der Waals surface area contributed by atoms with E-state index in [4.69, 9.17) is 4.42 Å². The molecule has 0 radical (unpaired) electrons. The average molecular weight is 321 g/mol. The highest BCUT2D eigenvalue weighted by molar-refractivity contribution is 9.10. The zero-order valence-electron chi connectivity index (χ0n) is 10.00. The molecule has 0 saturated heterocycles. The van der Waals surface area contributed by atoms with Gasteiger partial charge in [-0.25, -0.2) is 4.98 Å². The highest BCUT2D eigenvalue weighted by atomic mass is 79.9. The fraction of sp³-hybridized carbons (Fsp3) is 0.167. The highest BCUT2D eigenvalue weighted by Gasteiger charge is 2.08. The number of hydrogen-bond acceptors (Lipinski definition) is 5. The topological polar surface area (TPSA) is 73.8 Å². The van der Waals surface area contributed by atoms with Crippen molar-refractivity contribution in [3.05, 3.63) is 51.1 Å². The Hall–Kier alpha value is -2.02. The minimum atomic E-state index is -0.131. The normalized spacial score (nSPS) is 11.1. The summed E-state index contributed by atoms with van der Waals surface area (Å²) < 4.78 is 7.59. The van der Waals surface area contributed by atoms with E-state index in [1.54, 1.807) is 19.1 Å². The van der Waals surface area contributed by atoms with Crippen LogP contribution in [0.3, 0.4) is 0 Å². The van der Waals surface area contributed by atoms with Gasteiger partial charge in [0.15, 0.2) is 0 Å². The van der Waals surface area contributed by atoms with E-state index in [0.717, 1.165) is 4.47 Å². The van der Waals surface area contributed by atoms with Gasteiger partial charge in [-0.1, -0.05) is 15.9 Å². The van der Waals surface area contributed by atoms with Gasteiger partial charge in [0.25, 0.3) is 5.56 Å². The Bertz CT molecular complexity index is 809. The largest absolute Gasteiger partial charge is 0.424 e. The molecule has 0 fully saturated rings. The predicted molar refractivity (Wildman–Crippen MR) is 71.8 cm³/mol. The number of aryl methyl sites for hydroxylation is 1. The van der Waals surface area contributed by atoms with Gasteiger partial charge in [0.2, 0.25) is 11.8 Å². The van der Waals surface area contributed by atoms with Gasteiger partial charge in [-0.2, -0.15) is 0 Å². The molecule has 0 spiro atoms. The predicted octanol–water partition coefficient (Wildman–Crippen LogP) is 1.90. The molecule has 0 saturated carbocycles. The number of aromatic nitrogens is 4. The van der Waals surface area contributed by atoms with E-state index in [9.17, 15) is 4.79 Å². The summed E-state index contributed by atoms with van der Waals surface area (Å²) >= 11 is 3.35. The standard InChI is InChI=1S/C12H9BrN4O2/c1-7-15-16-11(19-7)5-17-6-14-10-4-8(13)2-3-9(10)12(17)18/h2-4,6H,5H2,1H3. The van der Waals surface area contributed by atoms with Gasteiger partial charge in [-0.05, 0) is 18.2 Å². The molecule has 0 aliphatic carbocycles. The van der Waals surface area contributed by atoms with Gasteiger partial charge < -0.3 is 4.42 Å². The fourth-order valence-electron chi connectivity index (χ4n) is 1.79. The van der Waals surface area contributed by atoms with Crippen LogP contribution in [0.1, 0.15) is 11.8 Å². The van der Waals surface area contributed by atoms with Gasteiger partial charge in [0, 0.05) is 11.4 Å². The maximum Gasteiger partial charge on any atom is 0.261 e. The van der Waals surface area contributed by atoms with Crippen molar-refractivity contribution >= 4 is 26.8 Å². The number of halogens is 1. The van der Waals surface area contributed by atoms with Gasteiger partial charge in [-0.3, -0.25) is 9.36 Å². The molecule has 0 unspecified atom stereocenters. The molecule has 96 valence electrons. The third-order valence-corrected chi connectivity index (χ3v) is 3.15. The summed E-state index contributed by atoms with van der Waals surface area (Å²) in [5.74, 6) is 0.860. The Balaban J connectivity index is 2.08. The highest BCUT2D eigenvalue weighted by Crippen LogP contribution is 2.15. The molecule has 3 aromatic rings. The first-order valence-corrected chi connectivity index (χ1v) is 6.36. The van der Waals surface area contributed by atoms with E-state index in [1.807, 2.05) is 6.07 Å². The summed E-state index contributed by atoms with van der Waals surface area (Å²) in [5, 5.41) is 8.15. The van der Waals surface area contributed by atoms with Crippen LogP contribution >= 0.6 is 15.9 Å². The number of rotatable bonds is 2.